The van der Waals surface area contributed by atoms with E-state index in [0.717, 1.165) is 38.5 Å². The van der Waals surface area contributed by atoms with Crippen LogP contribution in [0.15, 0.2) is 0 Å². The molecule has 0 spiro atoms. The van der Waals surface area contributed by atoms with Gasteiger partial charge in [-0.15, -0.1) is 0 Å². The van der Waals surface area contributed by atoms with E-state index >= 15 is 0 Å². The lowest BCUT2D eigenvalue weighted by Crippen LogP contribution is -2.34. The van der Waals surface area contributed by atoms with Gasteiger partial charge in [-0.05, 0) is 39.5 Å². The van der Waals surface area contributed by atoms with Crippen LogP contribution < -0.4 is 0 Å². The van der Waals surface area contributed by atoms with E-state index in [1.165, 1.54) is 0 Å². The highest BCUT2D eigenvalue weighted by Crippen LogP contribution is 2.37. The summed E-state index contributed by atoms with van der Waals surface area (Å²) in [6.45, 7) is 8.81. The molecule has 0 unspecified atom stereocenters. The summed E-state index contributed by atoms with van der Waals surface area (Å²) in [5.74, 6) is -0.0990. The summed E-state index contributed by atoms with van der Waals surface area (Å²) >= 11 is 0. The van der Waals surface area contributed by atoms with Crippen LogP contribution in [-0.2, 0) is 19.0 Å². The largest absolute Gasteiger partial charge is 0.508 e. The smallest absolute Gasteiger partial charge is 0.466 e. The molecular formula is C18H34O5. The SMILES string of the molecule is CCCCC(CCCC)(CCCOC(=O)OCC)C(=O)OCC. The van der Waals surface area contributed by atoms with Gasteiger partial charge in [0.1, 0.15) is 0 Å². The minimum Gasteiger partial charge on any atom is -0.466 e. The van der Waals surface area contributed by atoms with Crippen molar-refractivity contribution in [1.29, 1.82) is 0 Å². The number of rotatable bonds is 13. The second-order valence-electron chi connectivity index (χ2n) is 5.84. The van der Waals surface area contributed by atoms with Crippen molar-refractivity contribution in [2.45, 2.75) is 79.1 Å². The minimum atomic E-state index is -0.642. The third-order valence-corrected chi connectivity index (χ3v) is 4.01. The molecule has 0 radical (unpaired) electrons. The van der Waals surface area contributed by atoms with E-state index in [2.05, 4.69) is 13.8 Å². The fraction of sp³-hybridized carbons (Fsp3) is 0.889. The Kier molecular flexibility index (Phi) is 12.5. The van der Waals surface area contributed by atoms with E-state index in [-0.39, 0.29) is 12.6 Å². The molecular weight excluding hydrogens is 296 g/mol. The molecule has 0 aliphatic carbocycles. The summed E-state index contributed by atoms with van der Waals surface area (Å²) in [4.78, 5) is 23.8. The average Bonchev–Trinajstić information content (AvgIpc) is 2.54. The molecule has 0 aliphatic heterocycles. The van der Waals surface area contributed by atoms with E-state index in [0.29, 0.717) is 26.1 Å². The van der Waals surface area contributed by atoms with Gasteiger partial charge in [0.15, 0.2) is 0 Å². The highest BCUT2D eigenvalue weighted by Gasteiger charge is 2.38. The molecule has 0 aromatic rings. The van der Waals surface area contributed by atoms with Crippen LogP contribution in [0.2, 0.25) is 0 Å². The van der Waals surface area contributed by atoms with Crippen molar-refractivity contribution in [3.63, 3.8) is 0 Å². The van der Waals surface area contributed by atoms with Gasteiger partial charge in [0, 0.05) is 0 Å². The fourth-order valence-electron chi connectivity index (χ4n) is 2.72. The standard InChI is InChI=1S/C18H34O5/c1-5-9-12-18(13-10-6-2,16(19)21-7-3)14-11-15-23-17(20)22-8-4/h5-15H2,1-4H3. The van der Waals surface area contributed by atoms with Crippen LogP contribution in [-0.4, -0.2) is 31.9 Å². The number of unbranched alkanes of at least 4 members (excludes halogenated alkanes) is 2. The van der Waals surface area contributed by atoms with Gasteiger partial charge in [-0.1, -0.05) is 39.5 Å². The summed E-state index contributed by atoms with van der Waals surface area (Å²) in [5.41, 5.74) is -0.444. The summed E-state index contributed by atoms with van der Waals surface area (Å²) in [6.07, 6.45) is 6.46. The molecule has 0 heterocycles. The zero-order valence-electron chi connectivity index (χ0n) is 15.3. The van der Waals surface area contributed by atoms with Crippen LogP contribution in [0.4, 0.5) is 4.79 Å². The Bertz CT molecular complexity index is 319. The minimum absolute atomic E-state index is 0.0990. The Morgan fingerprint density at radius 1 is 0.739 bits per heavy atom. The second-order valence-corrected chi connectivity index (χ2v) is 5.84. The zero-order valence-corrected chi connectivity index (χ0v) is 15.3. The van der Waals surface area contributed by atoms with E-state index in [1.807, 2.05) is 6.92 Å². The van der Waals surface area contributed by atoms with Gasteiger partial charge in [0.25, 0.3) is 0 Å². The van der Waals surface area contributed by atoms with Crippen molar-refractivity contribution in [2.75, 3.05) is 19.8 Å². The molecule has 0 aromatic heterocycles. The maximum Gasteiger partial charge on any atom is 0.508 e. The highest BCUT2D eigenvalue weighted by atomic mass is 16.7. The number of hydrogen-bond donors (Lipinski definition) is 0. The van der Waals surface area contributed by atoms with Gasteiger partial charge in [0.2, 0.25) is 0 Å². The van der Waals surface area contributed by atoms with Gasteiger partial charge in [0.05, 0.1) is 25.2 Å². The quantitative estimate of drug-likeness (QED) is 0.356. The van der Waals surface area contributed by atoms with Gasteiger partial charge in [-0.2, -0.15) is 0 Å². The summed E-state index contributed by atoms with van der Waals surface area (Å²) in [7, 11) is 0. The Hall–Kier alpha value is -1.26. The third-order valence-electron chi connectivity index (χ3n) is 4.01. The lowest BCUT2D eigenvalue weighted by Gasteiger charge is -2.31. The van der Waals surface area contributed by atoms with E-state index in [1.54, 1.807) is 6.92 Å². The van der Waals surface area contributed by atoms with Crippen LogP contribution in [0.3, 0.4) is 0 Å². The molecule has 0 saturated heterocycles. The first kappa shape index (κ1) is 21.7. The molecule has 5 heteroatoms. The number of hydrogen-bond acceptors (Lipinski definition) is 5. The Morgan fingerprint density at radius 3 is 1.74 bits per heavy atom. The van der Waals surface area contributed by atoms with Crippen molar-refractivity contribution >= 4 is 12.1 Å². The van der Waals surface area contributed by atoms with Crippen LogP contribution >= 0.6 is 0 Å². The van der Waals surface area contributed by atoms with Gasteiger partial charge in [-0.3, -0.25) is 4.79 Å². The van der Waals surface area contributed by atoms with Crippen molar-refractivity contribution < 1.29 is 23.8 Å². The molecule has 0 aromatic carbocycles. The second kappa shape index (κ2) is 13.2. The number of esters is 1. The van der Waals surface area contributed by atoms with Gasteiger partial charge >= 0.3 is 12.1 Å². The lowest BCUT2D eigenvalue weighted by atomic mass is 9.74. The third kappa shape index (κ3) is 8.82. The molecule has 0 amide bonds. The molecule has 0 aliphatic rings. The van der Waals surface area contributed by atoms with Crippen LogP contribution in [0.1, 0.15) is 79.1 Å². The van der Waals surface area contributed by atoms with Crippen molar-refractivity contribution in [3.8, 4) is 0 Å². The van der Waals surface area contributed by atoms with Crippen LogP contribution in [0.25, 0.3) is 0 Å². The molecule has 0 N–H and O–H groups in total. The lowest BCUT2D eigenvalue weighted by molar-refractivity contribution is -0.157. The maximum absolute atomic E-state index is 12.6. The summed E-state index contributed by atoms with van der Waals surface area (Å²) in [6, 6.07) is 0. The monoisotopic (exact) mass is 330 g/mol. The first-order valence-corrected chi connectivity index (χ1v) is 9.03. The van der Waals surface area contributed by atoms with Crippen molar-refractivity contribution in [1.82, 2.24) is 0 Å². The summed E-state index contributed by atoms with van der Waals surface area (Å²) < 4.78 is 15.1. The van der Waals surface area contributed by atoms with Crippen LogP contribution in [0, 0.1) is 5.41 Å². The number of carbonyl (C=O) groups is 2. The van der Waals surface area contributed by atoms with E-state index in [9.17, 15) is 9.59 Å². The molecule has 5 nitrogen and oxygen atoms in total. The number of carbonyl (C=O) groups excluding carboxylic acids is 2. The summed E-state index contributed by atoms with van der Waals surface area (Å²) in [5, 5.41) is 0. The molecule has 0 saturated carbocycles. The Balaban J connectivity index is 4.70. The normalized spacial score (nSPS) is 11.1. The van der Waals surface area contributed by atoms with E-state index in [4.69, 9.17) is 14.2 Å². The topological polar surface area (TPSA) is 61.8 Å². The zero-order chi connectivity index (χ0) is 17.6. The molecule has 0 rings (SSSR count). The molecule has 136 valence electrons. The molecule has 23 heavy (non-hydrogen) atoms. The van der Waals surface area contributed by atoms with Gasteiger partial charge in [-0.25, -0.2) is 4.79 Å². The van der Waals surface area contributed by atoms with E-state index < -0.39 is 11.6 Å². The number of ether oxygens (including phenoxy) is 3. The Morgan fingerprint density at radius 2 is 1.26 bits per heavy atom. The van der Waals surface area contributed by atoms with Crippen molar-refractivity contribution in [2.24, 2.45) is 5.41 Å². The predicted octanol–water partition coefficient (Wildman–Crippen LogP) is 4.87. The predicted molar refractivity (Wildman–Crippen MR) is 90.3 cm³/mol. The fourth-order valence-corrected chi connectivity index (χ4v) is 2.72. The first-order valence-electron chi connectivity index (χ1n) is 9.03. The van der Waals surface area contributed by atoms with Crippen molar-refractivity contribution in [3.05, 3.63) is 0 Å². The highest BCUT2D eigenvalue weighted by molar-refractivity contribution is 5.76. The van der Waals surface area contributed by atoms with Crippen LogP contribution in [0.5, 0.6) is 0 Å². The first-order chi connectivity index (χ1) is 11.1. The van der Waals surface area contributed by atoms with Gasteiger partial charge < -0.3 is 14.2 Å². The Labute approximate surface area is 141 Å². The maximum atomic E-state index is 12.6. The molecule has 0 fully saturated rings. The average molecular weight is 330 g/mol. The molecule has 0 atom stereocenters. The molecule has 0 bridgehead atoms.